The van der Waals surface area contributed by atoms with Crippen molar-refractivity contribution < 1.29 is 31.5 Å². The number of anilines is 2. The smallest absolute Gasteiger partial charge is 0.257 e. The minimum atomic E-state index is -3.85. The van der Waals surface area contributed by atoms with Crippen LogP contribution in [0.4, 0.5) is 20.2 Å². The molecule has 0 spiro atoms. The third-order valence-corrected chi connectivity index (χ3v) is 7.25. The van der Waals surface area contributed by atoms with Gasteiger partial charge in [-0.2, -0.15) is 4.31 Å². The number of carbonyl (C=O) groups excluding carboxylic acids is 1. The molecule has 2 aromatic carbocycles. The molecule has 4 rings (SSSR count). The van der Waals surface area contributed by atoms with Gasteiger partial charge in [-0.15, -0.1) is 0 Å². The van der Waals surface area contributed by atoms with E-state index >= 15 is 0 Å². The van der Waals surface area contributed by atoms with Crippen LogP contribution < -0.4 is 10.2 Å². The molecule has 32 heavy (non-hydrogen) atoms. The molecule has 0 aromatic heterocycles. The average Bonchev–Trinajstić information content (AvgIpc) is 2.81. The van der Waals surface area contributed by atoms with E-state index < -0.39 is 27.6 Å². The van der Waals surface area contributed by atoms with Crippen molar-refractivity contribution in [1.82, 2.24) is 4.31 Å². The van der Waals surface area contributed by atoms with E-state index in [-0.39, 0.29) is 29.2 Å². The molecule has 2 fully saturated rings. The standard InChI is InChI=1S/C21H23F2N3O5S/c22-15-1-3-19(18(23)13-15)24-21(27)17-14-16(32(28,29)26-7-11-31-12-8-26)2-4-20(17)25-5-9-30-10-6-25/h1-4,13-14H,5-12H2,(H,24,27). The fourth-order valence-electron chi connectivity index (χ4n) is 3.65. The number of hydrogen-bond donors (Lipinski definition) is 1. The fraction of sp³-hybridized carbons (Fsp3) is 0.381. The Labute approximate surface area is 184 Å². The van der Waals surface area contributed by atoms with Crippen LogP contribution in [0.5, 0.6) is 0 Å². The molecule has 2 aliphatic heterocycles. The van der Waals surface area contributed by atoms with Crippen LogP contribution in [-0.4, -0.2) is 71.2 Å². The number of nitrogens with one attached hydrogen (secondary N) is 1. The van der Waals surface area contributed by atoms with Crippen LogP contribution in [0.1, 0.15) is 10.4 Å². The second kappa shape index (κ2) is 9.49. The Kier molecular flexibility index (Phi) is 6.70. The Morgan fingerprint density at radius 3 is 2.22 bits per heavy atom. The summed E-state index contributed by atoms with van der Waals surface area (Å²) < 4.78 is 65.4. The Bertz CT molecular complexity index is 1100. The van der Waals surface area contributed by atoms with Crippen LogP contribution in [-0.2, 0) is 19.5 Å². The molecule has 2 aromatic rings. The maximum atomic E-state index is 14.1. The van der Waals surface area contributed by atoms with E-state index in [2.05, 4.69) is 5.32 Å². The fourth-order valence-corrected chi connectivity index (χ4v) is 5.09. The van der Waals surface area contributed by atoms with Gasteiger partial charge in [0.25, 0.3) is 5.91 Å². The topological polar surface area (TPSA) is 88.2 Å². The first-order valence-corrected chi connectivity index (χ1v) is 11.6. The average molecular weight is 467 g/mol. The lowest BCUT2D eigenvalue weighted by Gasteiger charge is -2.31. The Morgan fingerprint density at radius 2 is 1.56 bits per heavy atom. The zero-order valence-corrected chi connectivity index (χ0v) is 18.0. The molecule has 0 radical (unpaired) electrons. The number of carbonyl (C=O) groups is 1. The molecular weight excluding hydrogens is 444 g/mol. The van der Waals surface area contributed by atoms with Gasteiger partial charge in [0.15, 0.2) is 0 Å². The van der Waals surface area contributed by atoms with Crippen molar-refractivity contribution in [3.8, 4) is 0 Å². The van der Waals surface area contributed by atoms with Gasteiger partial charge >= 0.3 is 0 Å². The van der Waals surface area contributed by atoms with Crippen molar-refractivity contribution in [2.75, 3.05) is 62.8 Å². The Hall–Kier alpha value is -2.60. The van der Waals surface area contributed by atoms with Crippen LogP contribution in [0.3, 0.4) is 0 Å². The lowest BCUT2D eigenvalue weighted by molar-refractivity contribution is 0.0730. The Balaban J connectivity index is 1.71. The normalized spacial score (nSPS) is 17.9. The highest BCUT2D eigenvalue weighted by Gasteiger charge is 2.29. The predicted molar refractivity (Wildman–Crippen MR) is 113 cm³/mol. The van der Waals surface area contributed by atoms with Crippen LogP contribution in [0.2, 0.25) is 0 Å². The van der Waals surface area contributed by atoms with E-state index in [1.807, 2.05) is 4.90 Å². The number of ether oxygens (including phenoxy) is 2. The van der Waals surface area contributed by atoms with Crippen molar-refractivity contribution in [2.45, 2.75) is 4.90 Å². The molecule has 0 atom stereocenters. The van der Waals surface area contributed by atoms with Gasteiger partial charge in [-0.05, 0) is 30.3 Å². The zero-order valence-electron chi connectivity index (χ0n) is 17.2. The zero-order chi connectivity index (χ0) is 22.7. The van der Waals surface area contributed by atoms with Crippen molar-refractivity contribution in [1.29, 1.82) is 0 Å². The number of nitrogens with zero attached hydrogens (tertiary/aromatic N) is 2. The highest BCUT2D eigenvalue weighted by Crippen LogP contribution is 2.28. The van der Waals surface area contributed by atoms with Gasteiger partial charge < -0.3 is 19.7 Å². The first-order chi connectivity index (χ1) is 15.4. The molecule has 0 unspecified atom stereocenters. The number of sulfonamides is 1. The molecule has 2 heterocycles. The minimum Gasteiger partial charge on any atom is -0.379 e. The van der Waals surface area contributed by atoms with Gasteiger partial charge in [0, 0.05) is 37.9 Å². The molecule has 0 saturated carbocycles. The molecule has 172 valence electrons. The summed E-state index contributed by atoms with van der Waals surface area (Å²) in [5.41, 5.74) is 0.380. The lowest BCUT2D eigenvalue weighted by Crippen LogP contribution is -2.41. The van der Waals surface area contributed by atoms with Gasteiger partial charge in [-0.25, -0.2) is 17.2 Å². The second-order valence-corrected chi connectivity index (χ2v) is 9.31. The van der Waals surface area contributed by atoms with E-state index in [0.717, 1.165) is 12.1 Å². The van der Waals surface area contributed by atoms with Gasteiger partial charge in [0.2, 0.25) is 10.0 Å². The molecule has 2 aliphatic rings. The third kappa shape index (κ3) is 4.75. The van der Waals surface area contributed by atoms with E-state index in [1.54, 1.807) is 6.07 Å². The van der Waals surface area contributed by atoms with Crippen molar-refractivity contribution in [2.24, 2.45) is 0 Å². The summed E-state index contributed by atoms with van der Waals surface area (Å²) in [6, 6.07) is 7.15. The van der Waals surface area contributed by atoms with Gasteiger partial charge in [0.1, 0.15) is 11.6 Å². The van der Waals surface area contributed by atoms with Crippen LogP contribution in [0.25, 0.3) is 0 Å². The minimum absolute atomic E-state index is 0.0406. The summed E-state index contributed by atoms with van der Waals surface area (Å²) in [6.45, 7) is 2.97. The summed E-state index contributed by atoms with van der Waals surface area (Å²) in [6.07, 6.45) is 0. The molecule has 11 heteroatoms. The Morgan fingerprint density at radius 1 is 0.906 bits per heavy atom. The summed E-state index contributed by atoms with van der Waals surface area (Å²) in [4.78, 5) is 15.0. The molecule has 1 N–H and O–H groups in total. The molecule has 0 bridgehead atoms. The van der Waals surface area contributed by atoms with E-state index in [1.165, 1.54) is 16.4 Å². The summed E-state index contributed by atoms with van der Waals surface area (Å²) in [5.74, 6) is -2.40. The number of morpholine rings is 2. The second-order valence-electron chi connectivity index (χ2n) is 7.37. The monoisotopic (exact) mass is 467 g/mol. The van der Waals surface area contributed by atoms with Crippen LogP contribution in [0, 0.1) is 11.6 Å². The van der Waals surface area contributed by atoms with Crippen LogP contribution in [0.15, 0.2) is 41.3 Å². The van der Waals surface area contributed by atoms with Gasteiger partial charge in [-0.1, -0.05) is 0 Å². The highest BCUT2D eigenvalue weighted by molar-refractivity contribution is 7.89. The van der Waals surface area contributed by atoms with Gasteiger partial charge in [0.05, 0.1) is 42.6 Å². The maximum absolute atomic E-state index is 14.1. The third-order valence-electron chi connectivity index (χ3n) is 5.35. The molecular formula is C21H23F2N3O5S. The van der Waals surface area contributed by atoms with E-state index in [4.69, 9.17) is 9.47 Å². The number of hydrogen-bond acceptors (Lipinski definition) is 6. The van der Waals surface area contributed by atoms with Crippen molar-refractivity contribution >= 4 is 27.3 Å². The van der Waals surface area contributed by atoms with E-state index in [9.17, 15) is 22.0 Å². The van der Waals surface area contributed by atoms with Crippen LogP contribution >= 0.6 is 0 Å². The maximum Gasteiger partial charge on any atom is 0.257 e. The lowest BCUT2D eigenvalue weighted by atomic mass is 10.1. The van der Waals surface area contributed by atoms with Gasteiger partial charge in [-0.3, -0.25) is 4.79 Å². The first kappa shape index (κ1) is 22.6. The predicted octanol–water partition coefficient (Wildman–Crippen LogP) is 2.07. The van der Waals surface area contributed by atoms with E-state index in [0.29, 0.717) is 51.3 Å². The summed E-state index contributed by atoms with van der Waals surface area (Å²) >= 11 is 0. The number of benzene rings is 2. The SMILES string of the molecule is O=C(Nc1ccc(F)cc1F)c1cc(S(=O)(=O)N2CCOCC2)ccc1N1CCOCC1. The molecule has 1 amide bonds. The summed E-state index contributed by atoms with van der Waals surface area (Å²) in [5, 5.41) is 2.42. The number of halogens is 2. The summed E-state index contributed by atoms with van der Waals surface area (Å²) in [7, 11) is -3.85. The van der Waals surface area contributed by atoms with Crippen molar-refractivity contribution in [3.63, 3.8) is 0 Å². The van der Waals surface area contributed by atoms with Crippen molar-refractivity contribution in [3.05, 3.63) is 53.6 Å². The first-order valence-electron chi connectivity index (χ1n) is 10.2. The highest BCUT2D eigenvalue weighted by atomic mass is 32.2. The molecule has 2 saturated heterocycles. The number of amides is 1. The quantitative estimate of drug-likeness (QED) is 0.725. The largest absolute Gasteiger partial charge is 0.379 e. The molecule has 8 nitrogen and oxygen atoms in total. The number of rotatable bonds is 5. The molecule has 0 aliphatic carbocycles.